The van der Waals surface area contributed by atoms with E-state index < -0.39 is 25.5 Å². The molecule has 1 N–H and O–H groups in total. The van der Waals surface area contributed by atoms with Crippen molar-refractivity contribution >= 4 is 13.8 Å². The van der Waals surface area contributed by atoms with Gasteiger partial charge in [-0.05, 0) is 24.2 Å². The third-order valence-electron chi connectivity index (χ3n) is 5.47. The molecule has 0 saturated heterocycles. The van der Waals surface area contributed by atoms with Crippen molar-refractivity contribution in [3.05, 3.63) is 53.8 Å². The van der Waals surface area contributed by atoms with Gasteiger partial charge in [-0.3, -0.25) is 0 Å². The molecule has 0 bridgehead atoms. The van der Waals surface area contributed by atoms with E-state index >= 15 is 0 Å². The highest BCUT2D eigenvalue weighted by Gasteiger charge is 2.26. The van der Waals surface area contributed by atoms with Crippen LogP contribution in [0.25, 0.3) is 11.1 Å². The highest BCUT2D eigenvalue weighted by atomic mass is 28.3. The molecule has 0 unspecified atom stereocenters. The van der Waals surface area contributed by atoms with Crippen LogP contribution in [0.15, 0.2) is 36.4 Å². The zero-order chi connectivity index (χ0) is 18.4. The normalized spacial score (nSPS) is 11.6. The lowest BCUT2D eigenvalue weighted by molar-refractivity contribution is 0.449. The molecule has 0 aliphatic rings. The fraction of sp³-hybridized carbons (Fsp3) is 0.400. The molecule has 0 spiro atoms. The highest BCUT2D eigenvalue weighted by Crippen LogP contribution is 2.32. The van der Waals surface area contributed by atoms with Crippen LogP contribution in [0.2, 0.25) is 24.2 Å². The molecule has 0 radical (unpaired) electrons. The number of anilines is 1. The summed E-state index contributed by atoms with van der Waals surface area (Å²) in [6.07, 6.45) is 0. The van der Waals surface area contributed by atoms with Gasteiger partial charge in [0.05, 0.1) is 8.07 Å². The van der Waals surface area contributed by atoms with Gasteiger partial charge in [0, 0.05) is 23.4 Å². The monoisotopic (exact) mass is 365 g/mol. The molecule has 0 aliphatic carbocycles. The summed E-state index contributed by atoms with van der Waals surface area (Å²) in [7, 11) is -1.24. The fourth-order valence-electron chi connectivity index (χ4n) is 3.35. The van der Waals surface area contributed by atoms with Crippen molar-refractivity contribution < 1.29 is 13.2 Å². The highest BCUT2D eigenvalue weighted by molar-refractivity contribution is 6.79. The van der Waals surface area contributed by atoms with Crippen LogP contribution < -0.4 is 5.32 Å². The summed E-state index contributed by atoms with van der Waals surface area (Å²) in [5, 5.41) is 3.38. The van der Waals surface area contributed by atoms with E-state index in [2.05, 4.69) is 26.1 Å². The quantitative estimate of drug-likeness (QED) is 0.406. The topological polar surface area (TPSA) is 12.0 Å². The van der Waals surface area contributed by atoms with Gasteiger partial charge in [-0.25, -0.2) is 13.2 Å². The third kappa shape index (κ3) is 4.26. The average molecular weight is 366 g/mol. The van der Waals surface area contributed by atoms with Crippen LogP contribution in [-0.2, 0) is 0 Å². The second kappa shape index (κ2) is 8.56. The van der Waals surface area contributed by atoms with E-state index in [4.69, 9.17) is 0 Å². The average Bonchev–Trinajstić information content (AvgIpc) is 2.64. The zero-order valence-corrected chi connectivity index (χ0v) is 16.1. The molecule has 0 amide bonds. The number of benzene rings is 2. The van der Waals surface area contributed by atoms with E-state index in [1.807, 2.05) is 12.1 Å². The summed E-state index contributed by atoms with van der Waals surface area (Å²) in [6, 6.07) is 14.4. The maximum Gasteiger partial charge on any atom is 0.195 e. The smallest absolute Gasteiger partial charge is 0.195 e. The Hall–Kier alpha value is -1.75. The van der Waals surface area contributed by atoms with Gasteiger partial charge in [-0.2, -0.15) is 0 Å². The lowest BCUT2D eigenvalue weighted by Gasteiger charge is -2.28. The van der Waals surface area contributed by atoms with Crippen molar-refractivity contribution in [3.63, 3.8) is 0 Å². The van der Waals surface area contributed by atoms with Gasteiger partial charge in [-0.15, -0.1) is 0 Å². The summed E-state index contributed by atoms with van der Waals surface area (Å²) in [5.74, 6) is -3.74. The minimum atomic E-state index is -1.43. The fourth-order valence-corrected chi connectivity index (χ4v) is 6.56. The Kier molecular flexibility index (Phi) is 6.70. The van der Waals surface area contributed by atoms with Crippen molar-refractivity contribution in [1.82, 2.24) is 0 Å². The molecule has 0 saturated carbocycles. The van der Waals surface area contributed by atoms with Gasteiger partial charge >= 0.3 is 0 Å². The van der Waals surface area contributed by atoms with Gasteiger partial charge in [-0.1, -0.05) is 57.1 Å². The Bertz CT molecular complexity index is 706. The number of rotatable bonds is 8. The van der Waals surface area contributed by atoms with Crippen molar-refractivity contribution in [2.75, 3.05) is 11.9 Å². The van der Waals surface area contributed by atoms with Gasteiger partial charge in [0.15, 0.2) is 17.5 Å². The number of halogens is 3. The summed E-state index contributed by atoms with van der Waals surface area (Å²) >= 11 is 0. The number of nitrogens with one attached hydrogen (secondary N) is 1. The molecule has 0 heterocycles. The molecule has 2 aromatic carbocycles. The molecule has 0 aromatic heterocycles. The van der Waals surface area contributed by atoms with E-state index in [1.165, 1.54) is 24.2 Å². The summed E-state index contributed by atoms with van der Waals surface area (Å²) in [4.78, 5) is 0. The maximum atomic E-state index is 14.2. The maximum absolute atomic E-state index is 14.2. The Morgan fingerprint density at radius 3 is 2.08 bits per heavy atom. The summed E-state index contributed by atoms with van der Waals surface area (Å²) in [5.41, 5.74) is 1.38. The molecule has 0 fully saturated rings. The Morgan fingerprint density at radius 1 is 0.800 bits per heavy atom. The Balaban J connectivity index is 2.24. The van der Waals surface area contributed by atoms with E-state index in [1.54, 1.807) is 12.1 Å². The summed E-state index contributed by atoms with van der Waals surface area (Å²) < 4.78 is 41.0. The van der Waals surface area contributed by atoms with E-state index in [9.17, 15) is 13.2 Å². The van der Waals surface area contributed by atoms with Crippen molar-refractivity contribution in [3.8, 4) is 11.1 Å². The second-order valence-corrected chi connectivity index (χ2v) is 12.1. The first kappa shape index (κ1) is 19.6. The molecule has 5 heteroatoms. The second-order valence-electron chi connectivity index (χ2n) is 6.51. The van der Waals surface area contributed by atoms with Crippen LogP contribution in [0, 0.1) is 17.5 Å². The molecule has 136 valence electrons. The predicted molar refractivity (Wildman–Crippen MR) is 102 cm³/mol. The minimum absolute atomic E-state index is 0.0759. The first-order valence-electron chi connectivity index (χ1n) is 8.94. The molecule has 0 atom stereocenters. The first-order chi connectivity index (χ1) is 12.0. The molecule has 1 nitrogen and oxygen atoms in total. The van der Waals surface area contributed by atoms with Crippen LogP contribution >= 0.6 is 0 Å². The predicted octanol–water partition coefficient (Wildman–Crippen LogP) is 6.69. The first-order valence-corrected chi connectivity index (χ1v) is 11.8. The van der Waals surface area contributed by atoms with Crippen LogP contribution in [0.3, 0.4) is 0 Å². The van der Waals surface area contributed by atoms with E-state index in [0.29, 0.717) is 5.56 Å². The number of hydrogen-bond donors (Lipinski definition) is 1. The summed E-state index contributed by atoms with van der Waals surface area (Å²) in [6.45, 7) is 7.61. The van der Waals surface area contributed by atoms with E-state index in [-0.39, 0.29) is 5.56 Å². The molecular formula is C20H26F3NSi. The molecule has 2 rings (SSSR count). The van der Waals surface area contributed by atoms with Crippen LogP contribution in [0.1, 0.15) is 20.8 Å². The number of para-hydroxylation sites is 1. The molecular weight excluding hydrogens is 339 g/mol. The van der Waals surface area contributed by atoms with Crippen LogP contribution in [0.5, 0.6) is 0 Å². The Labute approximate surface area is 149 Å². The van der Waals surface area contributed by atoms with Gasteiger partial charge in [0.1, 0.15) is 0 Å². The SMILES string of the molecule is CC[Si](CC)(CC)CCNc1ccccc1-c1ccc(F)c(F)c1F. The van der Waals surface area contributed by atoms with Crippen molar-refractivity contribution in [2.45, 2.75) is 44.9 Å². The molecule has 2 aromatic rings. The Morgan fingerprint density at radius 2 is 1.44 bits per heavy atom. The standard InChI is InChI=1S/C20H26F3NSi/c1-4-25(5-2,6-3)14-13-24-18-10-8-7-9-15(18)16-11-12-17(21)20(23)19(16)22/h7-12,24H,4-6,13-14H2,1-3H3. The minimum Gasteiger partial charge on any atom is -0.385 e. The van der Waals surface area contributed by atoms with Crippen molar-refractivity contribution in [2.24, 2.45) is 0 Å². The van der Waals surface area contributed by atoms with Gasteiger partial charge < -0.3 is 5.32 Å². The lowest BCUT2D eigenvalue weighted by atomic mass is 10.0. The number of hydrogen-bond acceptors (Lipinski definition) is 1. The van der Waals surface area contributed by atoms with Crippen LogP contribution in [0.4, 0.5) is 18.9 Å². The third-order valence-corrected chi connectivity index (χ3v) is 11.3. The van der Waals surface area contributed by atoms with Gasteiger partial charge in [0.25, 0.3) is 0 Å². The van der Waals surface area contributed by atoms with Gasteiger partial charge in [0.2, 0.25) is 0 Å². The van der Waals surface area contributed by atoms with E-state index in [0.717, 1.165) is 24.3 Å². The largest absolute Gasteiger partial charge is 0.385 e. The molecule has 25 heavy (non-hydrogen) atoms. The van der Waals surface area contributed by atoms with Crippen LogP contribution in [-0.4, -0.2) is 14.6 Å². The van der Waals surface area contributed by atoms with Crippen molar-refractivity contribution in [1.29, 1.82) is 0 Å². The zero-order valence-electron chi connectivity index (χ0n) is 15.1. The lowest BCUT2D eigenvalue weighted by Crippen LogP contribution is -2.33. The molecule has 0 aliphatic heterocycles.